The van der Waals surface area contributed by atoms with E-state index in [1.807, 2.05) is 44.2 Å². The number of carbonyl (C=O) groups excluding carboxylic acids is 2. The van der Waals surface area contributed by atoms with Gasteiger partial charge in [-0.1, -0.05) is 28.1 Å². The number of halogens is 1. The number of benzene rings is 1. The minimum atomic E-state index is -0.419. The molecule has 0 bridgehead atoms. The highest BCUT2D eigenvalue weighted by Gasteiger charge is 2.32. The van der Waals surface area contributed by atoms with Crippen LogP contribution < -0.4 is 5.32 Å². The number of hydrogen-bond acceptors (Lipinski definition) is 2. The van der Waals surface area contributed by atoms with Crippen LogP contribution in [0.1, 0.15) is 17.0 Å². The molecule has 3 rings (SSSR count). The minimum Gasteiger partial charge on any atom is -0.318 e. The summed E-state index contributed by atoms with van der Waals surface area (Å²) in [5.41, 5.74) is 4.24. The van der Waals surface area contributed by atoms with Gasteiger partial charge in [0.2, 0.25) is 0 Å². The molecule has 3 amide bonds. The Hall–Kier alpha value is -2.60. The number of carbonyl (C=O) groups is 2. The lowest BCUT2D eigenvalue weighted by Gasteiger charge is -2.10. The predicted molar refractivity (Wildman–Crippen MR) is 101 cm³/mol. The number of aryl methyl sites for hydroxylation is 1. The van der Waals surface area contributed by atoms with Crippen molar-refractivity contribution in [3.63, 3.8) is 0 Å². The molecule has 0 radical (unpaired) electrons. The van der Waals surface area contributed by atoms with Gasteiger partial charge in [-0.25, -0.2) is 4.79 Å². The number of rotatable bonds is 4. The van der Waals surface area contributed by atoms with Gasteiger partial charge in [0.15, 0.2) is 0 Å². The normalized spacial score (nSPS) is 15.8. The van der Waals surface area contributed by atoms with E-state index in [9.17, 15) is 9.59 Å². The summed E-state index contributed by atoms with van der Waals surface area (Å²) < 4.78 is 3.11. The molecular formula is C19H18BrN3O2. The molecule has 5 nitrogen and oxygen atoms in total. The van der Waals surface area contributed by atoms with Crippen molar-refractivity contribution in [1.82, 2.24) is 14.8 Å². The first-order valence-electron chi connectivity index (χ1n) is 7.82. The zero-order chi connectivity index (χ0) is 18.1. The molecule has 0 atom stereocenters. The molecule has 25 heavy (non-hydrogen) atoms. The van der Waals surface area contributed by atoms with Crippen molar-refractivity contribution in [1.29, 1.82) is 0 Å². The Bertz CT molecular complexity index is 911. The lowest BCUT2D eigenvalue weighted by molar-refractivity contribution is -0.122. The summed E-state index contributed by atoms with van der Waals surface area (Å²) >= 11 is 3.49. The van der Waals surface area contributed by atoms with E-state index in [1.165, 1.54) is 6.08 Å². The van der Waals surface area contributed by atoms with Crippen LogP contribution in [-0.4, -0.2) is 28.0 Å². The van der Waals surface area contributed by atoms with Crippen molar-refractivity contribution in [2.75, 3.05) is 6.54 Å². The Morgan fingerprint density at radius 3 is 2.68 bits per heavy atom. The molecule has 0 spiro atoms. The molecule has 0 aliphatic carbocycles. The second kappa shape index (κ2) is 6.72. The number of aromatic nitrogens is 1. The van der Waals surface area contributed by atoms with E-state index in [1.54, 1.807) is 6.08 Å². The first-order valence-corrected chi connectivity index (χ1v) is 8.62. The first-order chi connectivity index (χ1) is 11.9. The van der Waals surface area contributed by atoms with Crippen LogP contribution in [0.5, 0.6) is 0 Å². The van der Waals surface area contributed by atoms with Gasteiger partial charge in [-0.3, -0.25) is 9.69 Å². The maximum atomic E-state index is 12.3. The molecule has 1 saturated heterocycles. The van der Waals surface area contributed by atoms with Gasteiger partial charge in [0.25, 0.3) is 5.91 Å². The molecule has 2 aromatic rings. The van der Waals surface area contributed by atoms with Crippen LogP contribution in [0.25, 0.3) is 11.8 Å². The molecule has 1 aliphatic heterocycles. The van der Waals surface area contributed by atoms with Crippen molar-refractivity contribution in [3.8, 4) is 5.69 Å². The molecule has 6 heteroatoms. The Kier molecular flexibility index (Phi) is 4.63. The second-order valence-corrected chi connectivity index (χ2v) is 6.75. The Balaban J connectivity index is 2.00. The molecule has 1 fully saturated rings. The van der Waals surface area contributed by atoms with Crippen molar-refractivity contribution < 1.29 is 9.59 Å². The summed E-state index contributed by atoms with van der Waals surface area (Å²) in [4.78, 5) is 25.4. The summed E-state index contributed by atoms with van der Waals surface area (Å²) in [7, 11) is 0. The molecule has 2 heterocycles. The van der Waals surface area contributed by atoms with E-state index in [4.69, 9.17) is 0 Å². The van der Waals surface area contributed by atoms with E-state index in [0.29, 0.717) is 0 Å². The highest BCUT2D eigenvalue weighted by atomic mass is 79.9. The zero-order valence-electron chi connectivity index (χ0n) is 14.0. The molecule has 1 aromatic carbocycles. The van der Waals surface area contributed by atoms with Crippen LogP contribution in [0.15, 0.2) is 53.2 Å². The van der Waals surface area contributed by atoms with Gasteiger partial charge < -0.3 is 9.88 Å². The average Bonchev–Trinajstić information content (AvgIpc) is 2.98. The van der Waals surface area contributed by atoms with E-state index in [0.717, 1.165) is 32.0 Å². The Morgan fingerprint density at radius 2 is 2.00 bits per heavy atom. The third-order valence-electron chi connectivity index (χ3n) is 4.11. The van der Waals surface area contributed by atoms with Crippen LogP contribution in [-0.2, 0) is 4.79 Å². The number of imide groups is 1. The van der Waals surface area contributed by atoms with Gasteiger partial charge in [-0.05, 0) is 49.8 Å². The fourth-order valence-corrected chi connectivity index (χ4v) is 3.36. The molecule has 128 valence electrons. The predicted octanol–water partition coefficient (Wildman–Crippen LogP) is 3.94. The quantitative estimate of drug-likeness (QED) is 0.480. The lowest BCUT2D eigenvalue weighted by Crippen LogP contribution is -2.30. The topological polar surface area (TPSA) is 54.3 Å². The van der Waals surface area contributed by atoms with Crippen LogP contribution >= 0.6 is 15.9 Å². The van der Waals surface area contributed by atoms with Crippen LogP contribution in [0.4, 0.5) is 4.79 Å². The molecule has 1 N–H and O–H groups in total. The summed E-state index contributed by atoms with van der Waals surface area (Å²) in [5.74, 6) is -0.336. The third kappa shape index (κ3) is 3.17. The minimum absolute atomic E-state index is 0.194. The molecular weight excluding hydrogens is 382 g/mol. The Labute approximate surface area is 154 Å². The van der Waals surface area contributed by atoms with Crippen LogP contribution in [0, 0.1) is 13.8 Å². The standard InChI is InChI=1S/C19H18BrN3O2/c1-4-8-22-18(24)17(21-19(22)25)10-14-9-12(2)23(13(14)3)16-7-5-6-15(20)11-16/h4-7,9-11H,1,8H2,2-3H3,(H,21,25)/b17-10+. The first kappa shape index (κ1) is 17.2. The number of urea groups is 1. The number of nitrogens with zero attached hydrogens (tertiary/aromatic N) is 2. The molecule has 0 saturated carbocycles. The van der Waals surface area contributed by atoms with Crippen molar-refractivity contribution in [2.45, 2.75) is 13.8 Å². The van der Waals surface area contributed by atoms with Crippen LogP contribution in [0.3, 0.4) is 0 Å². The summed E-state index contributed by atoms with van der Waals surface area (Å²) in [5, 5.41) is 2.63. The average molecular weight is 400 g/mol. The molecule has 1 aromatic heterocycles. The summed E-state index contributed by atoms with van der Waals surface area (Å²) in [6.07, 6.45) is 3.25. The maximum Gasteiger partial charge on any atom is 0.329 e. The second-order valence-electron chi connectivity index (χ2n) is 5.83. The maximum absolute atomic E-state index is 12.3. The van der Waals surface area contributed by atoms with Gasteiger partial charge >= 0.3 is 6.03 Å². The molecule has 0 unspecified atom stereocenters. The van der Waals surface area contributed by atoms with E-state index in [2.05, 4.69) is 32.4 Å². The number of hydrogen-bond donors (Lipinski definition) is 1. The van der Waals surface area contributed by atoms with Crippen molar-refractivity contribution in [3.05, 3.63) is 70.1 Å². The highest BCUT2D eigenvalue weighted by molar-refractivity contribution is 9.10. The zero-order valence-corrected chi connectivity index (χ0v) is 15.6. The summed E-state index contributed by atoms with van der Waals surface area (Å²) in [6, 6.07) is 9.59. The summed E-state index contributed by atoms with van der Waals surface area (Å²) in [6.45, 7) is 7.76. The monoisotopic (exact) mass is 399 g/mol. The third-order valence-corrected chi connectivity index (χ3v) is 4.60. The molecule has 1 aliphatic rings. The van der Waals surface area contributed by atoms with Gasteiger partial charge in [-0.15, -0.1) is 6.58 Å². The van der Waals surface area contributed by atoms with Crippen molar-refractivity contribution in [2.24, 2.45) is 0 Å². The lowest BCUT2D eigenvalue weighted by atomic mass is 10.2. The highest BCUT2D eigenvalue weighted by Crippen LogP contribution is 2.25. The van der Waals surface area contributed by atoms with Crippen molar-refractivity contribution >= 4 is 33.9 Å². The largest absolute Gasteiger partial charge is 0.329 e. The van der Waals surface area contributed by atoms with Crippen LogP contribution in [0.2, 0.25) is 0 Å². The van der Waals surface area contributed by atoms with Gasteiger partial charge in [0, 0.05) is 28.1 Å². The number of amides is 3. The van der Waals surface area contributed by atoms with Gasteiger partial charge in [0.1, 0.15) is 5.70 Å². The number of nitrogens with one attached hydrogen (secondary N) is 1. The van der Waals surface area contributed by atoms with E-state index in [-0.39, 0.29) is 18.1 Å². The fourth-order valence-electron chi connectivity index (χ4n) is 2.97. The van der Waals surface area contributed by atoms with E-state index >= 15 is 0 Å². The fraction of sp³-hybridized carbons (Fsp3) is 0.158. The Morgan fingerprint density at radius 1 is 1.24 bits per heavy atom. The SMILES string of the molecule is C=CCN1C(=O)N/C(=C/c2cc(C)n(-c3cccc(Br)c3)c2C)C1=O. The smallest absolute Gasteiger partial charge is 0.318 e. The van der Waals surface area contributed by atoms with Gasteiger partial charge in [0.05, 0.1) is 0 Å². The van der Waals surface area contributed by atoms with E-state index < -0.39 is 6.03 Å². The van der Waals surface area contributed by atoms with Gasteiger partial charge in [-0.2, -0.15) is 0 Å².